The van der Waals surface area contributed by atoms with Crippen LogP contribution in [0.2, 0.25) is 0 Å². The Morgan fingerprint density at radius 1 is 1.44 bits per heavy atom. The van der Waals surface area contributed by atoms with Crippen LogP contribution in [0.5, 0.6) is 0 Å². The molecule has 2 aromatic rings. The molecule has 0 saturated heterocycles. The molecule has 6 nitrogen and oxygen atoms in total. The summed E-state index contributed by atoms with van der Waals surface area (Å²) < 4.78 is 4.88. The number of carbonyl (C=O) groups excluding carboxylic acids is 2. The Hall–Kier alpha value is -2.94. The van der Waals surface area contributed by atoms with E-state index in [1.807, 2.05) is 31.3 Å². The number of nitrogens with zero attached hydrogens (tertiary/aromatic N) is 2. The highest BCUT2D eigenvalue weighted by Gasteiger charge is 2.56. The lowest BCUT2D eigenvalue weighted by atomic mass is 9.51. The van der Waals surface area contributed by atoms with E-state index in [9.17, 15) is 14.9 Å². The topological polar surface area (TPSA) is 95.8 Å². The maximum Gasteiger partial charge on any atom is 0.337 e. The lowest BCUT2D eigenvalue weighted by Crippen LogP contribution is -2.52. The first kappa shape index (κ1) is 17.5. The number of fused-ring (bicyclic) bond motifs is 3. The normalized spacial score (nSPS) is 29.4. The Labute approximate surface area is 157 Å². The summed E-state index contributed by atoms with van der Waals surface area (Å²) >= 11 is 0. The first-order valence-corrected chi connectivity index (χ1v) is 9.18. The van der Waals surface area contributed by atoms with Crippen LogP contribution in [0.3, 0.4) is 0 Å². The fourth-order valence-corrected chi connectivity index (χ4v) is 5.11. The highest BCUT2D eigenvalue weighted by Crippen LogP contribution is 2.55. The molecule has 1 heterocycles. The third-order valence-electron chi connectivity index (χ3n) is 6.38. The summed E-state index contributed by atoms with van der Waals surface area (Å²) in [4.78, 5) is 24.8. The van der Waals surface area contributed by atoms with Crippen molar-refractivity contribution in [1.29, 1.82) is 5.26 Å². The van der Waals surface area contributed by atoms with Crippen molar-refractivity contribution < 1.29 is 14.3 Å². The summed E-state index contributed by atoms with van der Waals surface area (Å²) in [6.45, 7) is 1.92. The van der Waals surface area contributed by atoms with Crippen LogP contribution < -0.4 is 0 Å². The number of aromatic nitrogens is 2. The molecule has 0 radical (unpaired) electrons. The molecule has 2 aliphatic carbocycles. The Balaban J connectivity index is 1.96. The maximum atomic E-state index is 12.7. The van der Waals surface area contributed by atoms with Crippen LogP contribution in [-0.4, -0.2) is 29.1 Å². The van der Waals surface area contributed by atoms with Crippen molar-refractivity contribution in [3.63, 3.8) is 0 Å². The second kappa shape index (κ2) is 6.34. The molecular formula is C21H21N3O3. The van der Waals surface area contributed by atoms with Gasteiger partial charge in [0.1, 0.15) is 5.92 Å². The Bertz CT molecular complexity index is 958. The molecule has 27 heavy (non-hydrogen) atoms. The fourth-order valence-electron chi connectivity index (χ4n) is 5.11. The molecule has 138 valence electrons. The molecule has 0 amide bonds. The highest BCUT2D eigenvalue weighted by molar-refractivity contribution is 5.90. The van der Waals surface area contributed by atoms with E-state index in [0.717, 1.165) is 29.7 Å². The van der Waals surface area contributed by atoms with Gasteiger partial charge >= 0.3 is 5.97 Å². The van der Waals surface area contributed by atoms with Crippen molar-refractivity contribution >= 4 is 11.8 Å². The highest BCUT2D eigenvalue weighted by atomic mass is 16.5. The molecule has 1 N–H and O–H groups in total. The molecule has 4 atom stereocenters. The summed E-state index contributed by atoms with van der Waals surface area (Å²) in [5.41, 5.74) is 2.84. The van der Waals surface area contributed by atoms with E-state index >= 15 is 0 Å². The molecule has 6 heteroatoms. The summed E-state index contributed by atoms with van der Waals surface area (Å²) in [5.74, 6) is -1.27. The largest absolute Gasteiger partial charge is 0.465 e. The van der Waals surface area contributed by atoms with Gasteiger partial charge in [0.25, 0.3) is 0 Å². The van der Waals surface area contributed by atoms with E-state index < -0.39 is 17.3 Å². The number of carbonyl (C=O) groups is 2. The molecule has 0 aliphatic heterocycles. The van der Waals surface area contributed by atoms with Gasteiger partial charge in [0, 0.05) is 17.5 Å². The van der Waals surface area contributed by atoms with Gasteiger partial charge in [0.2, 0.25) is 0 Å². The number of H-pyrrole nitrogens is 1. The average Bonchev–Trinajstić information content (AvgIpc) is 3.19. The predicted molar refractivity (Wildman–Crippen MR) is 96.9 cm³/mol. The lowest BCUT2D eigenvalue weighted by molar-refractivity contribution is -0.131. The first-order chi connectivity index (χ1) is 13.0. The first-order valence-electron chi connectivity index (χ1n) is 9.18. The van der Waals surface area contributed by atoms with E-state index in [1.165, 1.54) is 7.11 Å². The van der Waals surface area contributed by atoms with Gasteiger partial charge in [-0.25, -0.2) is 4.79 Å². The number of rotatable bonds is 2. The standard InChI is InChI=1S/C21H21N3O3/c1-12-17-7-6-14-11-23-24-19(14)21(17,9-15(10-22)18(12)25)16-5-3-4-13(8-16)20(26)27-2/h3-5,8,11-12,15,17H,6-7,9H2,1-2H3,(H,23,24)/t12-,15?,17+,21-/m0/s1. The number of Topliss-reactive ketones (excluding diaryl/α,β-unsaturated/α-hetero) is 1. The Morgan fingerprint density at radius 2 is 2.26 bits per heavy atom. The van der Waals surface area contributed by atoms with Gasteiger partial charge in [-0.15, -0.1) is 0 Å². The number of aryl methyl sites for hydroxylation is 1. The van der Waals surface area contributed by atoms with Gasteiger partial charge in [-0.1, -0.05) is 19.1 Å². The molecule has 4 rings (SSSR count). The molecule has 1 fully saturated rings. The van der Waals surface area contributed by atoms with Crippen molar-refractivity contribution in [2.45, 2.75) is 31.6 Å². The van der Waals surface area contributed by atoms with Gasteiger partial charge in [-0.2, -0.15) is 10.4 Å². The number of nitrogens with one attached hydrogen (secondary N) is 1. The van der Waals surface area contributed by atoms with Crippen LogP contribution >= 0.6 is 0 Å². The van der Waals surface area contributed by atoms with E-state index in [-0.39, 0.29) is 17.6 Å². The summed E-state index contributed by atoms with van der Waals surface area (Å²) in [6, 6.07) is 9.56. The van der Waals surface area contributed by atoms with Gasteiger partial charge in [0.05, 0.1) is 24.4 Å². The molecular weight excluding hydrogens is 342 g/mol. The van der Waals surface area contributed by atoms with Crippen LogP contribution in [0, 0.1) is 29.1 Å². The summed E-state index contributed by atoms with van der Waals surface area (Å²) in [6.07, 6.45) is 3.99. The van der Waals surface area contributed by atoms with Gasteiger partial charge in [-0.05, 0) is 48.4 Å². The molecule has 0 bridgehead atoms. The van der Waals surface area contributed by atoms with Crippen LogP contribution in [0.25, 0.3) is 0 Å². The molecule has 1 unspecified atom stereocenters. The molecule has 1 aromatic heterocycles. The minimum absolute atomic E-state index is 0.0150. The number of benzene rings is 1. The zero-order valence-corrected chi connectivity index (χ0v) is 15.4. The minimum Gasteiger partial charge on any atom is -0.465 e. The molecule has 2 aliphatic rings. The number of esters is 1. The van der Waals surface area contributed by atoms with Gasteiger partial charge < -0.3 is 4.74 Å². The van der Waals surface area contributed by atoms with Crippen molar-refractivity contribution in [3.8, 4) is 6.07 Å². The van der Waals surface area contributed by atoms with E-state index in [2.05, 4.69) is 16.3 Å². The van der Waals surface area contributed by atoms with Crippen molar-refractivity contribution in [1.82, 2.24) is 10.2 Å². The number of ether oxygens (including phenoxy) is 1. The monoisotopic (exact) mass is 363 g/mol. The number of aromatic amines is 1. The maximum absolute atomic E-state index is 12.7. The number of hydrogen-bond donors (Lipinski definition) is 1. The Morgan fingerprint density at radius 3 is 3.00 bits per heavy atom. The Kier molecular flexibility index (Phi) is 4.11. The van der Waals surface area contributed by atoms with Crippen molar-refractivity contribution in [2.75, 3.05) is 7.11 Å². The van der Waals surface area contributed by atoms with Gasteiger partial charge in [0.15, 0.2) is 5.78 Å². The smallest absolute Gasteiger partial charge is 0.337 e. The minimum atomic E-state index is -0.680. The van der Waals surface area contributed by atoms with Crippen LogP contribution in [0.1, 0.15) is 46.9 Å². The zero-order chi connectivity index (χ0) is 19.2. The number of ketones is 1. The average molecular weight is 363 g/mol. The number of nitriles is 1. The van der Waals surface area contributed by atoms with Crippen LogP contribution in [0.15, 0.2) is 30.5 Å². The van der Waals surface area contributed by atoms with Crippen LogP contribution in [0.4, 0.5) is 0 Å². The second-order valence-corrected chi connectivity index (χ2v) is 7.52. The number of hydrogen-bond acceptors (Lipinski definition) is 5. The quantitative estimate of drug-likeness (QED) is 0.828. The number of methoxy groups -OCH3 is 1. The predicted octanol–water partition coefficient (Wildman–Crippen LogP) is 2.79. The van der Waals surface area contributed by atoms with Crippen LogP contribution in [-0.2, 0) is 21.4 Å². The molecule has 1 aromatic carbocycles. The van der Waals surface area contributed by atoms with Gasteiger partial charge in [-0.3, -0.25) is 9.89 Å². The van der Waals surface area contributed by atoms with Crippen molar-refractivity contribution in [3.05, 3.63) is 52.8 Å². The summed E-state index contributed by atoms with van der Waals surface area (Å²) in [7, 11) is 1.36. The van der Waals surface area contributed by atoms with E-state index in [4.69, 9.17) is 4.74 Å². The molecule has 1 saturated carbocycles. The molecule has 0 spiro atoms. The third kappa shape index (κ3) is 2.42. The second-order valence-electron chi connectivity index (χ2n) is 7.52. The SMILES string of the molecule is COC(=O)c1cccc([C@@]23CC(C#N)C(=O)[C@@H](C)[C@H]2CCc2c[nH]nc23)c1. The fraction of sp³-hybridized carbons (Fsp3) is 0.429. The summed E-state index contributed by atoms with van der Waals surface area (Å²) in [5, 5.41) is 17.2. The third-order valence-corrected chi connectivity index (χ3v) is 6.38. The van der Waals surface area contributed by atoms with Crippen molar-refractivity contribution in [2.24, 2.45) is 17.8 Å². The zero-order valence-electron chi connectivity index (χ0n) is 15.4. The lowest BCUT2D eigenvalue weighted by Gasteiger charge is -2.50. The van der Waals surface area contributed by atoms with E-state index in [0.29, 0.717) is 12.0 Å². The van der Waals surface area contributed by atoms with E-state index in [1.54, 1.807) is 6.07 Å².